The molecule has 1 amide bonds. The van der Waals surface area contributed by atoms with Gasteiger partial charge >= 0.3 is 0 Å². The molecular weight excluding hydrogens is 314 g/mol. The fourth-order valence-corrected chi connectivity index (χ4v) is 3.42. The highest BCUT2D eigenvalue weighted by molar-refractivity contribution is 7.89. The molecular formula is C13H18ClN3O3S. The molecule has 1 aliphatic rings. The number of carbonyl (C=O) groups is 1. The van der Waals surface area contributed by atoms with Crippen molar-refractivity contribution in [1.29, 1.82) is 0 Å². The maximum absolute atomic E-state index is 12.1. The Bertz CT molecular complexity index is 630. The summed E-state index contributed by atoms with van der Waals surface area (Å²) in [6.07, 6.45) is 1.83. The molecule has 0 spiro atoms. The van der Waals surface area contributed by atoms with E-state index in [9.17, 15) is 13.2 Å². The number of halogens is 1. The Hall–Kier alpha value is -1.15. The van der Waals surface area contributed by atoms with Crippen LogP contribution in [-0.2, 0) is 21.4 Å². The number of benzene rings is 1. The molecule has 6 nitrogen and oxygen atoms in total. The summed E-state index contributed by atoms with van der Waals surface area (Å²) in [6.45, 7) is 0.670. The fourth-order valence-electron chi connectivity index (χ4n) is 1.83. The van der Waals surface area contributed by atoms with Gasteiger partial charge in [0.15, 0.2) is 0 Å². The van der Waals surface area contributed by atoms with Gasteiger partial charge < -0.3 is 11.1 Å². The third-order valence-electron chi connectivity index (χ3n) is 3.19. The van der Waals surface area contributed by atoms with Gasteiger partial charge in [0.1, 0.15) is 4.90 Å². The zero-order chi connectivity index (χ0) is 15.5. The maximum atomic E-state index is 12.1. The predicted octanol–water partition coefficient (Wildman–Crippen LogP) is 0.603. The minimum absolute atomic E-state index is 0.00915. The van der Waals surface area contributed by atoms with Crippen LogP contribution in [-0.4, -0.2) is 27.4 Å². The molecule has 0 heterocycles. The van der Waals surface area contributed by atoms with Crippen LogP contribution in [0.4, 0.5) is 0 Å². The van der Waals surface area contributed by atoms with Crippen LogP contribution >= 0.6 is 11.6 Å². The minimum Gasteiger partial charge on any atom is -0.355 e. The Kier molecular flexibility index (Phi) is 5.21. The highest BCUT2D eigenvalue weighted by atomic mass is 35.5. The van der Waals surface area contributed by atoms with E-state index in [1.807, 2.05) is 0 Å². The van der Waals surface area contributed by atoms with Crippen LogP contribution in [0.3, 0.4) is 0 Å². The number of amides is 1. The molecule has 0 unspecified atom stereocenters. The summed E-state index contributed by atoms with van der Waals surface area (Å²) in [5, 5.41) is 2.82. The van der Waals surface area contributed by atoms with Gasteiger partial charge in [-0.2, -0.15) is 0 Å². The SMILES string of the molecule is NCc1ccc(S(=O)(=O)NCCNC(=O)C2CC2)c(Cl)c1. The Morgan fingerprint density at radius 1 is 1.33 bits per heavy atom. The largest absolute Gasteiger partial charge is 0.355 e. The zero-order valence-corrected chi connectivity index (χ0v) is 13.0. The van der Waals surface area contributed by atoms with E-state index in [-0.39, 0.29) is 34.8 Å². The maximum Gasteiger partial charge on any atom is 0.242 e. The van der Waals surface area contributed by atoms with Crippen LogP contribution in [0.1, 0.15) is 18.4 Å². The van der Waals surface area contributed by atoms with Gasteiger partial charge in [0, 0.05) is 25.6 Å². The van der Waals surface area contributed by atoms with E-state index >= 15 is 0 Å². The number of hydrogen-bond donors (Lipinski definition) is 3. The van der Waals surface area contributed by atoms with E-state index < -0.39 is 10.0 Å². The molecule has 21 heavy (non-hydrogen) atoms. The van der Waals surface area contributed by atoms with Crippen molar-refractivity contribution in [2.75, 3.05) is 13.1 Å². The number of carbonyl (C=O) groups excluding carboxylic acids is 1. The van der Waals surface area contributed by atoms with Crippen LogP contribution < -0.4 is 15.8 Å². The summed E-state index contributed by atoms with van der Waals surface area (Å²) < 4.78 is 26.6. The average molecular weight is 332 g/mol. The summed E-state index contributed by atoms with van der Waals surface area (Å²) in [7, 11) is -3.69. The lowest BCUT2D eigenvalue weighted by Gasteiger charge is -2.10. The van der Waals surface area contributed by atoms with Gasteiger partial charge in [-0.3, -0.25) is 4.79 Å². The molecule has 0 aliphatic heterocycles. The number of sulfonamides is 1. The molecule has 4 N–H and O–H groups in total. The van der Waals surface area contributed by atoms with Crippen molar-refractivity contribution in [3.63, 3.8) is 0 Å². The smallest absolute Gasteiger partial charge is 0.242 e. The summed E-state index contributed by atoms with van der Waals surface area (Å²) in [6, 6.07) is 4.58. The zero-order valence-electron chi connectivity index (χ0n) is 11.4. The molecule has 0 radical (unpaired) electrons. The predicted molar refractivity (Wildman–Crippen MR) is 80.3 cm³/mol. The van der Waals surface area contributed by atoms with E-state index in [4.69, 9.17) is 17.3 Å². The molecule has 2 rings (SSSR count). The van der Waals surface area contributed by atoms with Gasteiger partial charge in [-0.05, 0) is 30.5 Å². The van der Waals surface area contributed by atoms with Crippen molar-refractivity contribution in [1.82, 2.24) is 10.0 Å². The van der Waals surface area contributed by atoms with Gasteiger partial charge in [0.25, 0.3) is 0 Å². The first kappa shape index (κ1) is 16.2. The third-order valence-corrected chi connectivity index (χ3v) is 5.13. The molecule has 0 bridgehead atoms. The molecule has 1 saturated carbocycles. The average Bonchev–Trinajstić information content (AvgIpc) is 3.27. The number of nitrogens with one attached hydrogen (secondary N) is 2. The van der Waals surface area contributed by atoms with Crippen molar-refractivity contribution < 1.29 is 13.2 Å². The van der Waals surface area contributed by atoms with Crippen LogP contribution in [0, 0.1) is 5.92 Å². The number of nitrogens with two attached hydrogens (primary N) is 1. The van der Waals surface area contributed by atoms with Crippen molar-refractivity contribution in [3.05, 3.63) is 28.8 Å². The molecule has 8 heteroatoms. The summed E-state index contributed by atoms with van der Waals surface area (Å²) >= 11 is 5.96. The second kappa shape index (κ2) is 6.74. The van der Waals surface area contributed by atoms with Gasteiger partial charge in [-0.25, -0.2) is 13.1 Å². The van der Waals surface area contributed by atoms with Crippen LogP contribution in [0.2, 0.25) is 5.02 Å². The molecule has 1 aliphatic carbocycles. The normalized spacial score (nSPS) is 15.0. The summed E-state index contributed by atoms with van der Waals surface area (Å²) in [5.41, 5.74) is 6.23. The lowest BCUT2D eigenvalue weighted by atomic mass is 10.2. The molecule has 1 fully saturated rings. The summed E-state index contributed by atoms with van der Waals surface area (Å²) in [5.74, 6) is 0.0967. The Morgan fingerprint density at radius 2 is 2.05 bits per heavy atom. The quantitative estimate of drug-likeness (QED) is 0.637. The first-order valence-electron chi connectivity index (χ1n) is 6.70. The van der Waals surface area contributed by atoms with Crippen molar-refractivity contribution >= 4 is 27.5 Å². The van der Waals surface area contributed by atoms with E-state index in [0.29, 0.717) is 6.54 Å². The van der Waals surface area contributed by atoms with E-state index in [0.717, 1.165) is 18.4 Å². The van der Waals surface area contributed by atoms with Crippen molar-refractivity contribution in [2.45, 2.75) is 24.3 Å². The minimum atomic E-state index is -3.69. The lowest BCUT2D eigenvalue weighted by molar-refractivity contribution is -0.122. The van der Waals surface area contributed by atoms with Crippen LogP contribution in [0.25, 0.3) is 0 Å². The second-order valence-electron chi connectivity index (χ2n) is 4.93. The monoisotopic (exact) mass is 331 g/mol. The summed E-state index contributed by atoms with van der Waals surface area (Å²) in [4.78, 5) is 11.4. The van der Waals surface area contributed by atoms with Gasteiger partial charge in [-0.1, -0.05) is 17.7 Å². The molecule has 0 atom stereocenters. The van der Waals surface area contributed by atoms with E-state index in [1.165, 1.54) is 12.1 Å². The van der Waals surface area contributed by atoms with Crippen molar-refractivity contribution in [2.24, 2.45) is 11.7 Å². The van der Waals surface area contributed by atoms with Gasteiger partial charge in [0.2, 0.25) is 15.9 Å². The molecule has 1 aromatic carbocycles. The van der Waals surface area contributed by atoms with Crippen molar-refractivity contribution in [3.8, 4) is 0 Å². The molecule has 1 aromatic rings. The van der Waals surface area contributed by atoms with Gasteiger partial charge in [0.05, 0.1) is 5.02 Å². The fraction of sp³-hybridized carbons (Fsp3) is 0.462. The topological polar surface area (TPSA) is 101 Å². The number of rotatable bonds is 7. The molecule has 0 saturated heterocycles. The first-order chi connectivity index (χ1) is 9.94. The lowest BCUT2D eigenvalue weighted by Crippen LogP contribution is -2.35. The highest BCUT2D eigenvalue weighted by Crippen LogP contribution is 2.28. The van der Waals surface area contributed by atoms with Crippen LogP contribution in [0.15, 0.2) is 23.1 Å². The van der Waals surface area contributed by atoms with Crippen LogP contribution in [0.5, 0.6) is 0 Å². The first-order valence-corrected chi connectivity index (χ1v) is 8.56. The Labute approximate surface area is 129 Å². The third kappa shape index (κ3) is 4.41. The second-order valence-corrected chi connectivity index (χ2v) is 7.07. The number of hydrogen-bond acceptors (Lipinski definition) is 4. The Morgan fingerprint density at radius 3 is 2.62 bits per heavy atom. The highest BCUT2D eigenvalue weighted by Gasteiger charge is 2.29. The Balaban J connectivity index is 1.90. The standard InChI is InChI=1S/C13H18ClN3O3S/c14-11-7-9(8-15)1-4-12(11)21(19,20)17-6-5-16-13(18)10-2-3-10/h1,4,7,10,17H,2-3,5-6,8,15H2,(H,16,18). The molecule has 116 valence electrons. The van der Waals surface area contributed by atoms with E-state index in [2.05, 4.69) is 10.0 Å². The van der Waals surface area contributed by atoms with Gasteiger partial charge in [-0.15, -0.1) is 0 Å². The van der Waals surface area contributed by atoms with E-state index in [1.54, 1.807) is 6.07 Å². The molecule has 0 aromatic heterocycles.